The van der Waals surface area contributed by atoms with Gasteiger partial charge in [0.05, 0.1) is 5.75 Å². The lowest BCUT2D eigenvalue weighted by atomic mass is 9.97. The Hall–Kier alpha value is -1.13. The third kappa shape index (κ3) is 8.68. The van der Waals surface area contributed by atoms with E-state index in [-0.39, 0.29) is 5.75 Å². The molecule has 0 heterocycles. The van der Waals surface area contributed by atoms with Crippen LogP contribution in [0.2, 0.25) is 0 Å². The van der Waals surface area contributed by atoms with Crippen LogP contribution in [-0.2, 0) is 23.0 Å². The van der Waals surface area contributed by atoms with Crippen LogP contribution >= 0.6 is 0 Å². The lowest BCUT2D eigenvalue weighted by molar-refractivity contribution is 0.486. The van der Waals surface area contributed by atoms with E-state index >= 15 is 0 Å². The smallest absolute Gasteiger partial charge is 0.268 e. The van der Waals surface area contributed by atoms with Crippen LogP contribution in [-0.4, -0.2) is 18.7 Å². The molecule has 3 nitrogen and oxygen atoms in total. The third-order valence-electron chi connectivity index (χ3n) is 3.46. The van der Waals surface area contributed by atoms with E-state index in [4.69, 9.17) is 4.55 Å². The highest BCUT2D eigenvalue weighted by Gasteiger charge is 2.01. The number of allylic oxidation sites excluding steroid dienone is 1. The van der Waals surface area contributed by atoms with Crippen LogP contribution in [0.4, 0.5) is 0 Å². The van der Waals surface area contributed by atoms with E-state index in [0.717, 1.165) is 25.7 Å². The highest BCUT2D eigenvalue weighted by Crippen LogP contribution is 2.15. The van der Waals surface area contributed by atoms with Crippen LogP contribution in [0.15, 0.2) is 36.4 Å². The second kappa shape index (κ2) is 9.74. The molecule has 0 atom stereocenters. The largest absolute Gasteiger partial charge is 0.285 e. The fraction of sp³-hybridized carbons (Fsp3) is 0.529. The average molecular weight is 310 g/mol. The fourth-order valence-electron chi connectivity index (χ4n) is 2.33. The molecule has 0 aromatic heterocycles. The Kier molecular flexibility index (Phi) is 8.31. The summed E-state index contributed by atoms with van der Waals surface area (Å²) < 4.78 is 29.7. The normalized spacial score (nSPS) is 12.1. The molecule has 0 aliphatic heterocycles. The number of hydrogen-bond acceptors (Lipinski definition) is 2. The standard InChI is InChI=1S/C17H26O3S/c1-2-3-6-11-16-13-8-9-14-17(16)12-7-4-5-10-15-21(18,19)20/h5,8-10,13-14H,2-4,6-7,11-12,15H2,1H3,(H,18,19,20). The van der Waals surface area contributed by atoms with Gasteiger partial charge in [0.1, 0.15) is 0 Å². The lowest BCUT2D eigenvalue weighted by Gasteiger charge is -2.08. The van der Waals surface area contributed by atoms with E-state index in [1.165, 1.54) is 36.5 Å². The molecule has 21 heavy (non-hydrogen) atoms. The molecule has 1 aromatic rings. The van der Waals surface area contributed by atoms with Crippen LogP contribution in [0.5, 0.6) is 0 Å². The van der Waals surface area contributed by atoms with Gasteiger partial charge in [0, 0.05) is 0 Å². The van der Waals surface area contributed by atoms with Gasteiger partial charge in [-0.1, -0.05) is 56.2 Å². The molecule has 0 saturated carbocycles. The van der Waals surface area contributed by atoms with Crippen molar-refractivity contribution in [1.29, 1.82) is 0 Å². The van der Waals surface area contributed by atoms with E-state index in [2.05, 4.69) is 31.2 Å². The monoisotopic (exact) mass is 310 g/mol. The summed E-state index contributed by atoms with van der Waals surface area (Å²) in [5.41, 5.74) is 2.84. The van der Waals surface area contributed by atoms with E-state index < -0.39 is 10.1 Å². The van der Waals surface area contributed by atoms with E-state index in [0.29, 0.717) is 0 Å². The summed E-state index contributed by atoms with van der Waals surface area (Å²) in [6.07, 6.45) is 11.1. The molecule has 0 unspecified atom stereocenters. The van der Waals surface area contributed by atoms with Crippen molar-refractivity contribution >= 4 is 10.1 Å². The zero-order valence-corrected chi connectivity index (χ0v) is 13.6. The van der Waals surface area contributed by atoms with Crippen molar-refractivity contribution < 1.29 is 13.0 Å². The first-order valence-electron chi connectivity index (χ1n) is 7.70. The molecule has 0 aliphatic carbocycles. The molecule has 1 rings (SSSR count). The van der Waals surface area contributed by atoms with Crippen molar-refractivity contribution in [3.8, 4) is 0 Å². The van der Waals surface area contributed by atoms with E-state index in [9.17, 15) is 8.42 Å². The van der Waals surface area contributed by atoms with Crippen molar-refractivity contribution in [2.45, 2.75) is 51.9 Å². The zero-order valence-electron chi connectivity index (χ0n) is 12.8. The van der Waals surface area contributed by atoms with Crippen molar-refractivity contribution in [1.82, 2.24) is 0 Å². The van der Waals surface area contributed by atoms with Gasteiger partial charge in [0.2, 0.25) is 0 Å². The van der Waals surface area contributed by atoms with Crippen molar-refractivity contribution in [2.24, 2.45) is 0 Å². The number of hydrogen-bond donors (Lipinski definition) is 1. The maximum absolute atomic E-state index is 10.6. The summed E-state index contributed by atoms with van der Waals surface area (Å²) >= 11 is 0. The highest BCUT2D eigenvalue weighted by molar-refractivity contribution is 7.85. The number of aryl methyl sites for hydroxylation is 2. The molecule has 4 heteroatoms. The topological polar surface area (TPSA) is 54.4 Å². The molecule has 1 N–H and O–H groups in total. The molecule has 118 valence electrons. The number of benzene rings is 1. The van der Waals surface area contributed by atoms with Gasteiger partial charge in [0.15, 0.2) is 0 Å². The predicted octanol–water partition coefficient (Wildman–Crippen LogP) is 4.19. The SMILES string of the molecule is CCCCCc1ccccc1CCCC=CCS(=O)(=O)O. The van der Waals surface area contributed by atoms with Gasteiger partial charge in [-0.3, -0.25) is 4.55 Å². The molecule has 0 saturated heterocycles. The molecular formula is C17H26O3S. The van der Waals surface area contributed by atoms with Crippen molar-refractivity contribution in [2.75, 3.05) is 5.75 Å². The Bertz CT molecular complexity index is 533. The summed E-state index contributed by atoms with van der Waals surface area (Å²) in [7, 11) is -3.87. The van der Waals surface area contributed by atoms with Gasteiger partial charge in [-0.25, -0.2) is 0 Å². The second-order valence-electron chi connectivity index (χ2n) is 5.34. The Morgan fingerprint density at radius 2 is 1.62 bits per heavy atom. The Balaban J connectivity index is 2.37. The fourth-order valence-corrected chi connectivity index (χ4v) is 2.71. The minimum absolute atomic E-state index is 0.291. The summed E-state index contributed by atoms with van der Waals surface area (Å²) in [6, 6.07) is 8.56. The van der Waals surface area contributed by atoms with E-state index in [1.54, 1.807) is 0 Å². The molecule has 0 spiro atoms. The maximum atomic E-state index is 10.6. The predicted molar refractivity (Wildman–Crippen MR) is 88.2 cm³/mol. The Morgan fingerprint density at radius 1 is 1.00 bits per heavy atom. The molecule has 0 fully saturated rings. The molecule has 0 aliphatic rings. The number of rotatable bonds is 10. The first-order chi connectivity index (χ1) is 10.0. The van der Waals surface area contributed by atoms with Gasteiger partial charge >= 0.3 is 0 Å². The van der Waals surface area contributed by atoms with Crippen LogP contribution in [0, 0.1) is 0 Å². The van der Waals surface area contributed by atoms with Crippen molar-refractivity contribution in [3.63, 3.8) is 0 Å². The lowest BCUT2D eigenvalue weighted by Crippen LogP contribution is -2.00. The molecule has 0 amide bonds. The average Bonchev–Trinajstić information content (AvgIpc) is 2.43. The first kappa shape index (κ1) is 17.9. The van der Waals surface area contributed by atoms with Crippen LogP contribution < -0.4 is 0 Å². The molecule has 0 radical (unpaired) electrons. The molecular weight excluding hydrogens is 284 g/mol. The van der Waals surface area contributed by atoms with Gasteiger partial charge in [-0.05, 0) is 43.2 Å². The summed E-state index contributed by atoms with van der Waals surface area (Å²) in [5, 5.41) is 0. The van der Waals surface area contributed by atoms with Crippen LogP contribution in [0.3, 0.4) is 0 Å². The molecule has 1 aromatic carbocycles. The summed E-state index contributed by atoms with van der Waals surface area (Å²) in [5.74, 6) is -0.291. The summed E-state index contributed by atoms with van der Waals surface area (Å²) in [6.45, 7) is 2.21. The van der Waals surface area contributed by atoms with Crippen LogP contribution in [0.1, 0.15) is 50.2 Å². The summed E-state index contributed by atoms with van der Waals surface area (Å²) in [4.78, 5) is 0. The Morgan fingerprint density at radius 3 is 2.19 bits per heavy atom. The quantitative estimate of drug-likeness (QED) is 0.400. The second-order valence-corrected chi connectivity index (χ2v) is 6.84. The van der Waals surface area contributed by atoms with Gasteiger partial charge in [0.25, 0.3) is 10.1 Å². The van der Waals surface area contributed by atoms with Gasteiger partial charge in [-0.15, -0.1) is 0 Å². The van der Waals surface area contributed by atoms with Crippen molar-refractivity contribution in [3.05, 3.63) is 47.5 Å². The van der Waals surface area contributed by atoms with Gasteiger partial charge in [-0.2, -0.15) is 8.42 Å². The third-order valence-corrected chi connectivity index (χ3v) is 4.07. The highest BCUT2D eigenvalue weighted by atomic mass is 32.2. The van der Waals surface area contributed by atoms with Gasteiger partial charge < -0.3 is 0 Å². The number of unbranched alkanes of at least 4 members (excludes halogenated alkanes) is 3. The van der Waals surface area contributed by atoms with E-state index in [1.807, 2.05) is 6.08 Å². The molecule has 0 bridgehead atoms. The maximum Gasteiger partial charge on any atom is 0.268 e. The Labute approximate surface area is 128 Å². The zero-order chi connectivity index (χ0) is 15.6. The minimum atomic E-state index is -3.87. The first-order valence-corrected chi connectivity index (χ1v) is 9.31. The minimum Gasteiger partial charge on any atom is -0.285 e. The van der Waals surface area contributed by atoms with Crippen LogP contribution in [0.25, 0.3) is 0 Å².